The van der Waals surface area contributed by atoms with Crippen LogP contribution in [0.3, 0.4) is 0 Å². The highest BCUT2D eigenvalue weighted by Gasteiger charge is 2.25. The molecule has 7 heteroatoms. The molecule has 1 aliphatic heterocycles. The van der Waals surface area contributed by atoms with Gasteiger partial charge in [0.1, 0.15) is 5.82 Å². The largest absolute Gasteiger partial charge is 0.341 e. The summed E-state index contributed by atoms with van der Waals surface area (Å²) in [6.07, 6.45) is 3.45. The van der Waals surface area contributed by atoms with Crippen molar-refractivity contribution in [2.45, 2.75) is 26.3 Å². The van der Waals surface area contributed by atoms with E-state index in [0.29, 0.717) is 5.13 Å². The van der Waals surface area contributed by atoms with Crippen LogP contribution < -0.4 is 5.32 Å². The number of hydrogen-bond acceptors (Lipinski definition) is 5. The van der Waals surface area contributed by atoms with E-state index in [1.807, 2.05) is 5.38 Å². The third-order valence-electron chi connectivity index (χ3n) is 4.68. The van der Waals surface area contributed by atoms with Gasteiger partial charge in [-0.3, -0.25) is 9.69 Å². The van der Waals surface area contributed by atoms with E-state index in [1.54, 1.807) is 6.20 Å². The molecule has 25 heavy (non-hydrogen) atoms. The number of carbonyl (C=O) groups excluding carboxylic acids is 1. The van der Waals surface area contributed by atoms with Gasteiger partial charge in [-0.05, 0) is 50.6 Å². The van der Waals surface area contributed by atoms with Gasteiger partial charge in [0.15, 0.2) is 5.13 Å². The molecule has 2 aromatic heterocycles. The Kier molecular flexibility index (Phi) is 4.50. The van der Waals surface area contributed by atoms with Crippen LogP contribution in [0.2, 0.25) is 0 Å². The summed E-state index contributed by atoms with van der Waals surface area (Å²) in [4.78, 5) is 26.8. The molecule has 0 saturated carbocycles. The van der Waals surface area contributed by atoms with Gasteiger partial charge < -0.3 is 10.3 Å². The summed E-state index contributed by atoms with van der Waals surface area (Å²) in [6.45, 7) is 4.70. The fourth-order valence-electron chi connectivity index (χ4n) is 3.31. The van der Waals surface area contributed by atoms with Gasteiger partial charge in [-0.1, -0.05) is 6.07 Å². The van der Waals surface area contributed by atoms with Crippen molar-refractivity contribution in [3.63, 3.8) is 0 Å². The maximum absolute atomic E-state index is 12.3. The molecule has 1 fully saturated rings. The van der Waals surface area contributed by atoms with Gasteiger partial charge in [-0.15, -0.1) is 11.3 Å². The van der Waals surface area contributed by atoms with Crippen LogP contribution in [0.1, 0.15) is 24.2 Å². The fraction of sp³-hybridized carbons (Fsp3) is 0.389. The molecule has 1 aliphatic rings. The molecule has 0 atom stereocenters. The Morgan fingerprint density at radius 2 is 2.24 bits per heavy atom. The Balaban J connectivity index is 1.32. The number of likely N-dealkylation sites (tertiary alicyclic amines) is 1. The second-order valence-electron chi connectivity index (χ2n) is 6.58. The van der Waals surface area contributed by atoms with Crippen molar-refractivity contribution in [3.8, 4) is 0 Å². The Morgan fingerprint density at radius 3 is 3.00 bits per heavy atom. The summed E-state index contributed by atoms with van der Waals surface area (Å²) in [5.41, 5.74) is 3.33. The highest BCUT2D eigenvalue weighted by atomic mass is 32.1. The molecule has 1 amide bonds. The fourth-order valence-corrected chi connectivity index (χ4v) is 3.84. The van der Waals surface area contributed by atoms with Gasteiger partial charge in [0.25, 0.3) is 0 Å². The highest BCUT2D eigenvalue weighted by Crippen LogP contribution is 2.22. The van der Waals surface area contributed by atoms with E-state index < -0.39 is 0 Å². The third kappa shape index (κ3) is 3.72. The number of aryl methyl sites for hydroxylation is 1. The lowest BCUT2D eigenvalue weighted by Crippen LogP contribution is -2.37. The normalized spacial score (nSPS) is 16.4. The minimum Gasteiger partial charge on any atom is -0.341 e. The number of carbonyl (C=O) groups is 1. The van der Waals surface area contributed by atoms with Crippen LogP contribution >= 0.6 is 11.3 Å². The second-order valence-corrected chi connectivity index (χ2v) is 7.48. The summed E-state index contributed by atoms with van der Waals surface area (Å²) in [5, 5.41) is 5.46. The lowest BCUT2D eigenvalue weighted by atomic mass is 9.96. The van der Waals surface area contributed by atoms with Gasteiger partial charge in [0.2, 0.25) is 5.91 Å². The molecule has 0 aliphatic carbocycles. The molecule has 130 valence electrons. The Hall–Kier alpha value is -2.25. The molecule has 0 unspecified atom stereocenters. The number of amides is 1. The average Bonchev–Trinajstić information content (AvgIpc) is 3.24. The molecule has 2 N–H and O–H groups in total. The minimum atomic E-state index is 0.0680. The molecule has 1 aromatic carbocycles. The lowest BCUT2D eigenvalue weighted by molar-refractivity contribution is -0.121. The first kappa shape index (κ1) is 16.2. The van der Waals surface area contributed by atoms with E-state index >= 15 is 0 Å². The topological polar surface area (TPSA) is 73.9 Å². The Morgan fingerprint density at radius 1 is 1.40 bits per heavy atom. The zero-order valence-electron chi connectivity index (χ0n) is 14.2. The molecule has 1 saturated heterocycles. The number of thiazole rings is 1. The number of nitrogens with zero attached hydrogens (tertiary/aromatic N) is 3. The second kappa shape index (κ2) is 6.93. The van der Waals surface area contributed by atoms with Gasteiger partial charge in [-0.2, -0.15) is 0 Å². The molecule has 3 aromatic rings. The number of imidazole rings is 1. The van der Waals surface area contributed by atoms with Crippen molar-refractivity contribution in [2.24, 2.45) is 5.92 Å². The van der Waals surface area contributed by atoms with E-state index in [1.165, 1.54) is 16.9 Å². The van der Waals surface area contributed by atoms with E-state index in [0.717, 1.165) is 49.3 Å². The molecule has 6 nitrogen and oxygen atoms in total. The standard InChI is InChI=1S/C18H21N5OS/c1-12-2-3-14-15(10-12)21-16(20-14)11-23-7-4-13(5-8-23)17(24)22-18-19-6-9-25-18/h2-3,6,9-10,13H,4-5,7-8,11H2,1H3,(H,20,21)(H,19,22,24). The van der Waals surface area contributed by atoms with Crippen LogP contribution in [0.15, 0.2) is 29.8 Å². The van der Waals surface area contributed by atoms with E-state index in [2.05, 4.69) is 50.3 Å². The van der Waals surface area contributed by atoms with Crippen molar-refractivity contribution in [1.82, 2.24) is 19.9 Å². The summed E-state index contributed by atoms with van der Waals surface area (Å²) in [6, 6.07) is 6.26. The third-order valence-corrected chi connectivity index (χ3v) is 5.37. The maximum atomic E-state index is 12.3. The number of benzene rings is 1. The molecule has 0 spiro atoms. The molecule has 0 bridgehead atoms. The number of aromatic nitrogens is 3. The smallest absolute Gasteiger partial charge is 0.229 e. The van der Waals surface area contributed by atoms with Crippen molar-refractivity contribution in [1.29, 1.82) is 0 Å². The first-order chi connectivity index (χ1) is 12.2. The SMILES string of the molecule is Cc1ccc2nc(CN3CCC(C(=O)Nc4nccs4)CC3)[nH]c2c1. The predicted octanol–water partition coefficient (Wildman–Crippen LogP) is 3.18. The number of anilines is 1. The number of aromatic amines is 1. The average molecular weight is 355 g/mol. The van der Waals surface area contributed by atoms with Gasteiger partial charge in [0, 0.05) is 17.5 Å². The number of piperidine rings is 1. The monoisotopic (exact) mass is 355 g/mol. The van der Waals surface area contributed by atoms with E-state index in [4.69, 9.17) is 0 Å². The molecule has 4 rings (SSSR count). The number of nitrogens with one attached hydrogen (secondary N) is 2. The summed E-state index contributed by atoms with van der Waals surface area (Å²) in [7, 11) is 0. The summed E-state index contributed by atoms with van der Waals surface area (Å²) >= 11 is 1.45. The van der Waals surface area contributed by atoms with Crippen molar-refractivity contribution in [3.05, 3.63) is 41.2 Å². The molecule has 3 heterocycles. The molecular formula is C18H21N5OS. The first-order valence-electron chi connectivity index (χ1n) is 8.55. The van der Waals surface area contributed by atoms with Crippen LogP contribution in [0.4, 0.5) is 5.13 Å². The van der Waals surface area contributed by atoms with Crippen LogP contribution in [-0.2, 0) is 11.3 Å². The minimum absolute atomic E-state index is 0.0680. The Bertz CT molecular complexity index is 865. The lowest BCUT2D eigenvalue weighted by Gasteiger charge is -2.30. The van der Waals surface area contributed by atoms with Crippen LogP contribution in [0.5, 0.6) is 0 Å². The zero-order chi connectivity index (χ0) is 17.2. The summed E-state index contributed by atoms with van der Waals surface area (Å²) in [5.74, 6) is 1.15. The molecular weight excluding hydrogens is 334 g/mol. The van der Waals surface area contributed by atoms with Crippen LogP contribution in [0, 0.1) is 12.8 Å². The van der Waals surface area contributed by atoms with Crippen LogP contribution in [0.25, 0.3) is 11.0 Å². The van der Waals surface area contributed by atoms with Gasteiger partial charge in [0.05, 0.1) is 17.6 Å². The van der Waals surface area contributed by atoms with E-state index in [9.17, 15) is 4.79 Å². The maximum Gasteiger partial charge on any atom is 0.229 e. The molecule has 0 radical (unpaired) electrons. The Labute approximate surface area is 150 Å². The van der Waals surface area contributed by atoms with Crippen LogP contribution in [-0.4, -0.2) is 38.8 Å². The number of fused-ring (bicyclic) bond motifs is 1. The summed E-state index contributed by atoms with van der Waals surface area (Å²) < 4.78 is 0. The first-order valence-corrected chi connectivity index (χ1v) is 9.43. The number of H-pyrrole nitrogens is 1. The number of hydrogen-bond donors (Lipinski definition) is 2. The van der Waals surface area contributed by atoms with Gasteiger partial charge >= 0.3 is 0 Å². The number of rotatable bonds is 4. The van der Waals surface area contributed by atoms with Gasteiger partial charge in [-0.25, -0.2) is 9.97 Å². The zero-order valence-corrected chi connectivity index (χ0v) is 15.0. The van der Waals surface area contributed by atoms with Crippen molar-refractivity contribution >= 4 is 33.4 Å². The van der Waals surface area contributed by atoms with E-state index in [-0.39, 0.29) is 11.8 Å². The highest BCUT2D eigenvalue weighted by molar-refractivity contribution is 7.13. The van der Waals surface area contributed by atoms with Crippen molar-refractivity contribution in [2.75, 3.05) is 18.4 Å². The predicted molar refractivity (Wildman–Crippen MR) is 99.6 cm³/mol. The quantitative estimate of drug-likeness (QED) is 0.754. The van der Waals surface area contributed by atoms with Crippen molar-refractivity contribution < 1.29 is 4.79 Å².